The van der Waals surface area contributed by atoms with Crippen molar-refractivity contribution < 1.29 is 23.1 Å². The van der Waals surface area contributed by atoms with Gasteiger partial charge in [0.2, 0.25) is 0 Å². The summed E-state index contributed by atoms with van der Waals surface area (Å²) in [5, 5.41) is 8.95. The molecule has 1 saturated heterocycles. The number of rotatable bonds is 3. The third-order valence-electron chi connectivity index (χ3n) is 3.08. The van der Waals surface area contributed by atoms with Crippen molar-refractivity contribution in [3.05, 3.63) is 29.6 Å². The van der Waals surface area contributed by atoms with Gasteiger partial charge in [0.05, 0.1) is 6.54 Å². The van der Waals surface area contributed by atoms with Gasteiger partial charge in [0.1, 0.15) is 0 Å². The van der Waals surface area contributed by atoms with Crippen LogP contribution in [-0.2, 0) is 21.4 Å². The highest BCUT2D eigenvalue weighted by Crippen LogP contribution is 2.36. The number of hydrogen-bond acceptors (Lipinski definition) is 5. The summed E-state index contributed by atoms with van der Waals surface area (Å²) in [5.74, 6) is -1.81. The number of aromatic carboxylic acids is 1. The lowest BCUT2D eigenvalue weighted by Crippen LogP contribution is -2.66. The Hall–Kier alpha value is -1.96. The molecule has 1 N–H and O–H groups in total. The molecule has 1 fully saturated rings. The first-order valence-corrected chi connectivity index (χ1v) is 6.87. The Bertz CT molecular complexity index is 665. The summed E-state index contributed by atoms with van der Waals surface area (Å²) in [5.41, 5.74) is -0.0716. The van der Waals surface area contributed by atoms with Crippen LogP contribution in [0.1, 0.15) is 29.9 Å². The first kappa shape index (κ1) is 13.5. The number of nitrogens with zero attached hydrogens (tertiary/aromatic N) is 2. The molecule has 102 valence electrons. The molecule has 0 aromatic carbocycles. The van der Waals surface area contributed by atoms with Gasteiger partial charge in [0.15, 0.2) is 10.4 Å². The molecule has 0 unspecified atom stereocenters. The predicted octanol–water partition coefficient (Wildman–Crippen LogP) is 0.230. The largest absolute Gasteiger partial charge is 0.477 e. The number of carbonyl (C=O) groups is 2. The zero-order valence-corrected chi connectivity index (χ0v) is 11.1. The average Bonchev–Trinajstić information content (AvgIpc) is 2.35. The molecular formula is C11H12N2O5S. The van der Waals surface area contributed by atoms with Gasteiger partial charge >= 0.3 is 5.97 Å². The van der Waals surface area contributed by atoms with Crippen LogP contribution in [0.3, 0.4) is 0 Å². The number of carbonyl (C=O) groups excluding carboxylic acids is 1. The number of sulfonamides is 1. The molecule has 2 rings (SSSR count). The molecule has 0 atom stereocenters. The Morgan fingerprint density at radius 1 is 1.47 bits per heavy atom. The molecule has 1 aromatic heterocycles. The highest BCUT2D eigenvalue weighted by molar-refractivity contribution is 7.94. The van der Waals surface area contributed by atoms with Gasteiger partial charge in [-0.2, -0.15) is 0 Å². The summed E-state index contributed by atoms with van der Waals surface area (Å²) in [6.45, 7) is 2.34. The van der Waals surface area contributed by atoms with Crippen molar-refractivity contribution in [2.75, 3.05) is 0 Å². The Balaban J connectivity index is 2.35. The quantitative estimate of drug-likeness (QED) is 0.852. The fourth-order valence-electron chi connectivity index (χ4n) is 1.83. The first-order chi connectivity index (χ1) is 8.69. The summed E-state index contributed by atoms with van der Waals surface area (Å²) < 4.78 is 23.0. The van der Waals surface area contributed by atoms with E-state index in [1.54, 1.807) is 0 Å². The first-order valence-electron chi connectivity index (χ1n) is 5.43. The van der Waals surface area contributed by atoms with E-state index in [4.69, 9.17) is 5.11 Å². The minimum atomic E-state index is -3.73. The Labute approximate surface area is 109 Å². The Morgan fingerprint density at radius 3 is 2.63 bits per heavy atom. The third-order valence-corrected chi connectivity index (χ3v) is 5.42. The van der Waals surface area contributed by atoms with Crippen LogP contribution in [-0.4, -0.2) is 39.4 Å². The lowest BCUT2D eigenvalue weighted by atomic mass is 10.1. The molecule has 1 amide bonds. The smallest absolute Gasteiger partial charge is 0.354 e. The van der Waals surface area contributed by atoms with Gasteiger partial charge in [-0.25, -0.2) is 22.5 Å². The minimum absolute atomic E-state index is 0.183. The molecule has 8 heteroatoms. The second kappa shape index (κ2) is 4.02. The van der Waals surface area contributed by atoms with E-state index >= 15 is 0 Å². The number of carboxylic acids is 1. The van der Waals surface area contributed by atoms with E-state index in [0.29, 0.717) is 4.31 Å². The number of hydrogen-bond donors (Lipinski definition) is 1. The zero-order valence-electron chi connectivity index (χ0n) is 10.3. The Morgan fingerprint density at radius 2 is 2.11 bits per heavy atom. The zero-order chi connectivity index (χ0) is 14.4. The maximum Gasteiger partial charge on any atom is 0.354 e. The van der Waals surface area contributed by atoms with Gasteiger partial charge in [-0.1, -0.05) is 6.07 Å². The third kappa shape index (κ3) is 1.79. The van der Waals surface area contributed by atoms with Crippen molar-refractivity contribution in [3.63, 3.8) is 0 Å². The van der Waals surface area contributed by atoms with Gasteiger partial charge in [-0.05, 0) is 19.9 Å². The van der Waals surface area contributed by atoms with Crippen molar-refractivity contribution in [3.8, 4) is 0 Å². The van der Waals surface area contributed by atoms with Crippen molar-refractivity contribution in [1.82, 2.24) is 9.29 Å². The molecule has 1 aromatic rings. The van der Waals surface area contributed by atoms with Gasteiger partial charge in [0.25, 0.3) is 15.9 Å². The van der Waals surface area contributed by atoms with Crippen LogP contribution in [0.2, 0.25) is 0 Å². The lowest BCUT2D eigenvalue weighted by Gasteiger charge is -2.43. The molecule has 1 aliphatic rings. The molecule has 19 heavy (non-hydrogen) atoms. The van der Waals surface area contributed by atoms with Gasteiger partial charge in [-0.3, -0.25) is 4.79 Å². The standard InChI is InChI=1S/C11H12N2O5S/c1-11(2)10(16)13(19(11,17)18)6-7-4-3-5-12-8(7)9(14)15/h3-5H,6H2,1-2H3,(H,14,15). The summed E-state index contributed by atoms with van der Waals surface area (Å²) in [4.78, 5) is 26.4. The summed E-state index contributed by atoms with van der Waals surface area (Å²) in [6.07, 6.45) is 1.29. The van der Waals surface area contributed by atoms with Crippen molar-refractivity contribution >= 4 is 21.9 Å². The van der Waals surface area contributed by atoms with Crippen LogP contribution in [0.4, 0.5) is 0 Å². The molecule has 0 aliphatic carbocycles. The van der Waals surface area contributed by atoms with Gasteiger partial charge < -0.3 is 5.11 Å². The normalized spacial score (nSPS) is 19.9. The molecule has 0 bridgehead atoms. The van der Waals surface area contributed by atoms with Crippen molar-refractivity contribution in [2.45, 2.75) is 25.1 Å². The monoisotopic (exact) mass is 284 g/mol. The van der Waals surface area contributed by atoms with Crippen LogP contribution in [0.5, 0.6) is 0 Å². The lowest BCUT2D eigenvalue weighted by molar-refractivity contribution is -0.132. The van der Waals surface area contributed by atoms with E-state index in [0.717, 1.165) is 0 Å². The van der Waals surface area contributed by atoms with E-state index < -0.39 is 26.6 Å². The van der Waals surface area contributed by atoms with Gasteiger partial charge in [0, 0.05) is 11.8 Å². The highest BCUT2D eigenvalue weighted by Gasteiger charge is 2.60. The van der Waals surface area contributed by atoms with E-state index in [-0.39, 0.29) is 17.8 Å². The minimum Gasteiger partial charge on any atom is -0.477 e. The van der Waals surface area contributed by atoms with E-state index in [1.165, 1.54) is 32.2 Å². The molecular weight excluding hydrogens is 272 g/mol. The predicted molar refractivity (Wildman–Crippen MR) is 64.7 cm³/mol. The fraction of sp³-hybridized carbons (Fsp3) is 0.364. The number of aromatic nitrogens is 1. The SMILES string of the molecule is CC1(C)C(=O)N(Cc2cccnc2C(=O)O)S1(=O)=O. The van der Waals surface area contributed by atoms with Crippen LogP contribution in [0.25, 0.3) is 0 Å². The van der Waals surface area contributed by atoms with Crippen LogP contribution >= 0.6 is 0 Å². The van der Waals surface area contributed by atoms with Crippen molar-refractivity contribution in [1.29, 1.82) is 0 Å². The molecule has 0 saturated carbocycles. The van der Waals surface area contributed by atoms with Crippen LogP contribution in [0.15, 0.2) is 18.3 Å². The second-order valence-corrected chi connectivity index (χ2v) is 7.05. The molecule has 1 aliphatic heterocycles. The highest BCUT2D eigenvalue weighted by atomic mass is 32.2. The molecule has 0 spiro atoms. The topological polar surface area (TPSA) is 105 Å². The summed E-state index contributed by atoms with van der Waals surface area (Å²) >= 11 is 0. The second-order valence-electron chi connectivity index (χ2n) is 4.64. The van der Waals surface area contributed by atoms with E-state index in [1.807, 2.05) is 0 Å². The number of carboxylic acid groups (broad SMARTS) is 1. The molecule has 2 heterocycles. The fourth-order valence-corrected chi connectivity index (χ4v) is 3.33. The van der Waals surface area contributed by atoms with Gasteiger partial charge in [-0.15, -0.1) is 0 Å². The van der Waals surface area contributed by atoms with Crippen molar-refractivity contribution in [2.24, 2.45) is 0 Å². The van der Waals surface area contributed by atoms with Crippen LogP contribution in [0, 0.1) is 0 Å². The molecule has 0 radical (unpaired) electrons. The van der Waals surface area contributed by atoms with Crippen LogP contribution < -0.4 is 0 Å². The van der Waals surface area contributed by atoms with E-state index in [9.17, 15) is 18.0 Å². The van der Waals surface area contributed by atoms with E-state index in [2.05, 4.69) is 4.98 Å². The maximum atomic E-state index is 11.9. The Kier molecular flexibility index (Phi) is 2.85. The summed E-state index contributed by atoms with van der Waals surface area (Å²) in [6, 6.07) is 2.92. The maximum absolute atomic E-state index is 11.9. The number of amides is 1. The number of pyridine rings is 1. The average molecular weight is 284 g/mol. The summed E-state index contributed by atoms with van der Waals surface area (Å²) in [7, 11) is -3.73. The molecule has 7 nitrogen and oxygen atoms in total.